The predicted molar refractivity (Wildman–Crippen MR) is 70.8 cm³/mol. The highest BCUT2D eigenvalue weighted by Crippen LogP contribution is 2.17. The summed E-state index contributed by atoms with van der Waals surface area (Å²) in [6.07, 6.45) is 0. The molecule has 1 atom stereocenters. The summed E-state index contributed by atoms with van der Waals surface area (Å²) in [7, 11) is 0. The Morgan fingerprint density at radius 1 is 1.47 bits per heavy atom. The van der Waals surface area contributed by atoms with E-state index in [4.69, 9.17) is 10.5 Å². The van der Waals surface area contributed by atoms with E-state index in [9.17, 15) is 4.79 Å². The minimum atomic E-state index is -0.151. The van der Waals surface area contributed by atoms with E-state index in [1.165, 1.54) is 0 Å². The lowest BCUT2D eigenvalue weighted by atomic mass is 10.1. The van der Waals surface area contributed by atoms with Crippen LogP contribution in [-0.4, -0.2) is 25.1 Å². The fourth-order valence-corrected chi connectivity index (χ4v) is 1.30. The van der Waals surface area contributed by atoms with Crippen LogP contribution in [0.3, 0.4) is 0 Å². The van der Waals surface area contributed by atoms with Gasteiger partial charge in [-0.2, -0.15) is 0 Å². The molecule has 4 nitrogen and oxygen atoms in total. The SMILES string of the molecule is CCOc1ccccc1C(=O)N[C@H](C)CN.Cl. The van der Waals surface area contributed by atoms with Crippen molar-refractivity contribution < 1.29 is 9.53 Å². The van der Waals surface area contributed by atoms with Crippen LogP contribution in [0.5, 0.6) is 5.75 Å². The molecule has 5 heteroatoms. The van der Waals surface area contributed by atoms with Gasteiger partial charge in [-0.25, -0.2) is 0 Å². The van der Waals surface area contributed by atoms with Gasteiger partial charge in [-0.1, -0.05) is 12.1 Å². The van der Waals surface area contributed by atoms with E-state index in [1.807, 2.05) is 26.0 Å². The highest BCUT2D eigenvalue weighted by molar-refractivity contribution is 5.97. The van der Waals surface area contributed by atoms with Crippen LogP contribution in [-0.2, 0) is 0 Å². The van der Waals surface area contributed by atoms with Gasteiger partial charge in [0.1, 0.15) is 5.75 Å². The molecular formula is C12H19ClN2O2. The topological polar surface area (TPSA) is 64.3 Å². The molecule has 0 saturated heterocycles. The number of hydrogen-bond acceptors (Lipinski definition) is 3. The Balaban J connectivity index is 0.00000256. The molecular weight excluding hydrogens is 240 g/mol. The zero-order valence-electron chi connectivity index (χ0n) is 10.1. The summed E-state index contributed by atoms with van der Waals surface area (Å²) in [5, 5.41) is 2.80. The quantitative estimate of drug-likeness (QED) is 0.843. The van der Waals surface area contributed by atoms with Gasteiger partial charge < -0.3 is 15.8 Å². The average molecular weight is 259 g/mol. The maximum atomic E-state index is 11.9. The first-order valence-electron chi connectivity index (χ1n) is 5.41. The lowest BCUT2D eigenvalue weighted by Gasteiger charge is -2.13. The van der Waals surface area contributed by atoms with Crippen LogP contribution in [0.25, 0.3) is 0 Å². The van der Waals surface area contributed by atoms with Crippen LogP contribution < -0.4 is 15.8 Å². The van der Waals surface area contributed by atoms with Crippen molar-refractivity contribution >= 4 is 18.3 Å². The molecule has 0 aromatic heterocycles. The molecule has 1 aromatic carbocycles. The highest BCUT2D eigenvalue weighted by Gasteiger charge is 2.13. The molecule has 0 fully saturated rings. The van der Waals surface area contributed by atoms with E-state index in [-0.39, 0.29) is 24.4 Å². The summed E-state index contributed by atoms with van der Waals surface area (Å²) in [6.45, 7) is 4.71. The third-order valence-corrected chi connectivity index (χ3v) is 2.16. The smallest absolute Gasteiger partial charge is 0.255 e. The number of halogens is 1. The van der Waals surface area contributed by atoms with E-state index >= 15 is 0 Å². The Morgan fingerprint density at radius 2 is 2.12 bits per heavy atom. The summed E-state index contributed by atoms with van der Waals surface area (Å²) >= 11 is 0. The van der Waals surface area contributed by atoms with Gasteiger partial charge in [0.2, 0.25) is 0 Å². The van der Waals surface area contributed by atoms with Crippen molar-refractivity contribution in [3.8, 4) is 5.75 Å². The van der Waals surface area contributed by atoms with E-state index in [2.05, 4.69) is 5.32 Å². The molecule has 0 aliphatic carbocycles. The first-order valence-corrected chi connectivity index (χ1v) is 5.41. The molecule has 3 N–H and O–H groups in total. The Kier molecular flexibility index (Phi) is 7.34. The van der Waals surface area contributed by atoms with Gasteiger partial charge in [0.05, 0.1) is 12.2 Å². The summed E-state index contributed by atoms with van der Waals surface area (Å²) in [5.74, 6) is 0.453. The monoisotopic (exact) mass is 258 g/mol. The van der Waals surface area contributed by atoms with Crippen molar-refractivity contribution in [2.24, 2.45) is 5.73 Å². The maximum Gasteiger partial charge on any atom is 0.255 e. The molecule has 0 radical (unpaired) electrons. The third kappa shape index (κ3) is 4.63. The van der Waals surface area contributed by atoms with Gasteiger partial charge in [0.15, 0.2) is 0 Å². The van der Waals surface area contributed by atoms with Crippen molar-refractivity contribution in [2.75, 3.05) is 13.2 Å². The number of carbonyl (C=O) groups excluding carboxylic acids is 1. The third-order valence-electron chi connectivity index (χ3n) is 2.16. The molecule has 1 aromatic rings. The van der Waals surface area contributed by atoms with Gasteiger partial charge in [-0.05, 0) is 26.0 Å². The summed E-state index contributed by atoms with van der Waals surface area (Å²) in [4.78, 5) is 11.9. The van der Waals surface area contributed by atoms with Crippen LogP contribution >= 0.6 is 12.4 Å². The van der Waals surface area contributed by atoms with Crippen molar-refractivity contribution in [3.05, 3.63) is 29.8 Å². The molecule has 0 unspecified atom stereocenters. The van der Waals surface area contributed by atoms with Gasteiger partial charge in [0.25, 0.3) is 5.91 Å². The van der Waals surface area contributed by atoms with E-state index in [0.717, 1.165) is 0 Å². The second-order valence-electron chi connectivity index (χ2n) is 3.54. The first kappa shape index (κ1) is 15.7. The number of carbonyl (C=O) groups is 1. The number of hydrogen-bond donors (Lipinski definition) is 2. The average Bonchev–Trinajstić information content (AvgIpc) is 2.30. The van der Waals surface area contributed by atoms with Gasteiger partial charge in [0, 0.05) is 12.6 Å². The van der Waals surface area contributed by atoms with Crippen LogP contribution in [0.15, 0.2) is 24.3 Å². The molecule has 0 saturated carbocycles. The molecule has 1 amide bonds. The Bertz CT molecular complexity index is 358. The van der Waals surface area contributed by atoms with Crippen LogP contribution in [0.4, 0.5) is 0 Å². The number of nitrogens with one attached hydrogen (secondary N) is 1. The molecule has 0 spiro atoms. The fraction of sp³-hybridized carbons (Fsp3) is 0.417. The Hall–Kier alpha value is -1.26. The number of ether oxygens (including phenoxy) is 1. The summed E-state index contributed by atoms with van der Waals surface area (Å²) in [5.41, 5.74) is 6.00. The van der Waals surface area contributed by atoms with Gasteiger partial charge in [-0.15, -0.1) is 12.4 Å². The molecule has 17 heavy (non-hydrogen) atoms. The molecule has 1 rings (SSSR count). The normalized spacial score (nSPS) is 11.2. The zero-order valence-corrected chi connectivity index (χ0v) is 10.9. The van der Waals surface area contributed by atoms with Crippen molar-refractivity contribution in [3.63, 3.8) is 0 Å². The van der Waals surface area contributed by atoms with E-state index < -0.39 is 0 Å². The number of para-hydroxylation sites is 1. The van der Waals surface area contributed by atoms with E-state index in [1.54, 1.807) is 12.1 Å². The number of nitrogens with two attached hydrogens (primary N) is 1. The molecule has 0 aliphatic rings. The standard InChI is InChI=1S/C12H18N2O2.ClH/c1-3-16-11-7-5-4-6-10(11)12(15)14-9(2)8-13;/h4-7,9H,3,8,13H2,1-2H3,(H,14,15);1H/t9-;/m1./s1. The van der Waals surface area contributed by atoms with Crippen molar-refractivity contribution in [2.45, 2.75) is 19.9 Å². The number of benzene rings is 1. The number of rotatable bonds is 5. The van der Waals surface area contributed by atoms with Crippen molar-refractivity contribution in [1.29, 1.82) is 0 Å². The van der Waals surface area contributed by atoms with Crippen LogP contribution in [0.1, 0.15) is 24.2 Å². The lowest BCUT2D eigenvalue weighted by Crippen LogP contribution is -2.37. The lowest BCUT2D eigenvalue weighted by molar-refractivity contribution is 0.0937. The molecule has 0 bridgehead atoms. The maximum absolute atomic E-state index is 11.9. The second-order valence-corrected chi connectivity index (χ2v) is 3.54. The minimum absolute atomic E-state index is 0. The molecule has 0 aliphatic heterocycles. The molecule has 96 valence electrons. The van der Waals surface area contributed by atoms with Crippen LogP contribution in [0, 0.1) is 0 Å². The largest absolute Gasteiger partial charge is 0.493 e. The van der Waals surface area contributed by atoms with Crippen molar-refractivity contribution in [1.82, 2.24) is 5.32 Å². The minimum Gasteiger partial charge on any atom is -0.493 e. The number of amides is 1. The zero-order chi connectivity index (χ0) is 12.0. The Morgan fingerprint density at radius 3 is 2.71 bits per heavy atom. The second kappa shape index (κ2) is 7.92. The van der Waals surface area contributed by atoms with Crippen LogP contribution in [0.2, 0.25) is 0 Å². The first-order chi connectivity index (χ1) is 7.69. The summed E-state index contributed by atoms with van der Waals surface area (Å²) in [6, 6.07) is 7.13. The molecule has 0 heterocycles. The van der Waals surface area contributed by atoms with Gasteiger partial charge in [-0.3, -0.25) is 4.79 Å². The predicted octanol–water partition coefficient (Wildman–Crippen LogP) is 1.58. The fourth-order valence-electron chi connectivity index (χ4n) is 1.30. The Labute approximate surface area is 108 Å². The highest BCUT2D eigenvalue weighted by atomic mass is 35.5. The van der Waals surface area contributed by atoms with E-state index in [0.29, 0.717) is 24.5 Å². The van der Waals surface area contributed by atoms with Gasteiger partial charge >= 0.3 is 0 Å². The summed E-state index contributed by atoms with van der Waals surface area (Å²) < 4.78 is 5.38.